The van der Waals surface area contributed by atoms with E-state index in [9.17, 15) is 9.59 Å². The van der Waals surface area contributed by atoms with Gasteiger partial charge in [-0.1, -0.05) is 61.7 Å². The summed E-state index contributed by atoms with van der Waals surface area (Å²) in [6.07, 6.45) is 4.27. The zero-order chi connectivity index (χ0) is 16.2. The highest BCUT2D eigenvalue weighted by Gasteiger charge is 2.51. The molecule has 0 N–H and O–H groups in total. The quantitative estimate of drug-likeness (QED) is 0.822. The molecule has 0 amide bonds. The van der Waals surface area contributed by atoms with Crippen LogP contribution in [-0.2, 0) is 5.41 Å². The second-order valence-electron chi connectivity index (χ2n) is 6.30. The lowest BCUT2D eigenvalue weighted by molar-refractivity contribution is 0.0957. The van der Waals surface area contributed by atoms with Crippen LogP contribution in [0.5, 0.6) is 0 Å². The SMILES string of the molecule is C=Cc1ccc2c(c1)C1(CC2=O)CC(=O)c2ccc(C=C)cc21. The van der Waals surface area contributed by atoms with E-state index < -0.39 is 5.41 Å². The molecule has 2 aliphatic carbocycles. The van der Waals surface area contributed by atoms with E-state index in [1.165, 1.54) is 0 Å². The van der Waals surface area contributed by atoms with Crippen LogP contribution in [-0.4, -0.2) is 11.6 Å². The Hall–Kier alpha value is -2.74. The molecule has 4 rings (SSSR count). The van der Waals surface area contributed by atoms with Gasteiger partial charge in [0.1, 0.15) is 0 Å². The highest BCUT2D eigenvalue weighted by Crippen LogP contribution is 2.52. The van der Waals surface area contributed by atoms with Crippen LogP contribution in [0.3, 0.4) is 0 Å². The third kappa shape index (κ3) is 1.75. The van der Waals surface area contributed by atoms with Crippen molar-refractivity contribution in [2.24, 2.45) is 0 Å². The number of ketones is 2. The number of rotatable bonds is 2. The highest BCUT2D eigenvalue weighted by atomic mass is 16.1. The van der Waals surface area contributed by atoms with Crippen LogP contribution in [0.4, 0.5) is 0 Å². The Morgan fingerprint density at radius 1 is 0.783 bits per heavy atom. The molecule has 2 nitrogen and oxygen atoms in total. The molecule has 0 aliphatic heterocycles. The summed E-state index contributed by atoms with van der Waals surface area (Å²) in [6, 6.07) is 11.6. The molecule has 0 fully saturated rings. The fraction of sp³-hybridized carbons (Fsp3) is 0.143. The van der Waals surface area contributed by atoms with E-state index in [0.29, 0.717) is 12.8 Å². The van der Waals surface area contributed by atoms with Gasteiger partial charge in [-0.05, 0) is 22.3 Å². The molecule has 23 heavy (non-hydrogen) atoms. The first-order valence-electron chi connectivity index (χ1n) is 7.69. The zero-order valence-electron chi connectivity index (χ0n) is 12.8. The molecule has 2 aliphatic rings. The summed E-state index contributed by atoms with van der Waals surface area (Å²) >= 11 is 0. The average Bonchev–Trinajstić information content (AvgIpc) is 3.02. The number of carbonyl (C=O) groups excluding carboxylic acids is 2. The van der Waals surface area contributed by atoms with Crippen LogP contribution in [0.2, 0.25) is 0 Å². The van der Waals surface area contributed by atoms with Gasteiger partial charge in [-0.3, -0.25) is 9.59 Å². The fourth-order valence-corrected chi connectivity index (χ4v) is 3.98. The van der Waals surface area contributed by atoms with Gasteiger partial charge in [0, 0.05) is 29.4 Å². The number of fused-ring (bicyclic) bond motifs is 4. The van der Waals surface area contributed by atoms with Gasteiger partial charge in [-0.25, -0.2) is 0 Å². The molecule has 0 heterocycles. The molecule has 0 saturated carbocycles. The van der Waals surface area contributed by atoms with Gasteiger partial charge < -0.3 is 0 Å². The minimum Gasteiger partial charge on any atom is -0.294 e. The Morgan fingerprint density at radius 2 is 1.22 bits per heavy atom. The third-order valence-corrected chi connectivity index (χ3v) is 5.12. The molecule has 0 unspecified atom stereocenters. The molecule has 2 aromatic carbocycles. The standard InChI is InChI=1S/C21H16O2/c1-3-13-5-7-15-17(9-13)21(11-19(15)22)12-20(23)16-8-6-14(4-2)10-18(16)21/h3-10H,1-2,11-12H2. The van der Waals surface area contributed by atoms with Crippen molar-refractivity contribution in [2.75, 3.05) is 0 Å². The average molecular weight is 300 g/mol. The molecule has 2 heteroatoms. The van der Waals surface area contributed by atoms with Gasteiger partial charge >= 0.3 is 0 Å². The van der Waals surface area contributed by atoms with E-state index in [1.54, 1.807) is 12.2 Å². The van der Waals surface area contributed by atoms with Gasteiger partial charge in [0.25, 0.3) is 0 Å². The van der Waals surface area contributed by atoms with Crippen molar-refractivity contribution in [2.45, 2.75) is 18.3 Å². The normalized spacial score (nSPS) is 17.2. The molecule has 2 aromatic rings. The van der Waals surface area contributed by atoms with E-state index in [0.717, 1.165) is 33.4 Å². The summed E-state index contributed by atoms with van der Waals surface area (Å²) in [5.74, 6) is 0.223. The molecule has 1 spiro atoms. The molecule has 112 valence electrons. The molecule has 0 radical (unpaired) electrons. The predicted molar refractivity (Wildman–Crippen MR) is 91.7 cm³/mol. The lowest BCUT2D eigenvalue weighted by Gasteiger charge is -2.25. The molecular formula is C21H16O2. The lowest BCUT2D eigenvalue weighted by Crippen LogP contribution is -2.22. The van der Waals surface area contributed by atoms with Gasteiger partial charge in [0.05, 0.1) is 0 Å². The second kappa shape index (κ2) is 4.63. The van der Waals surface area contributed by atoms with Gasteiger partial charge in [0.2, 0.25) is 0 Å². The minimum atomic E-state index is -0.517. The third-order valence-electron chi connectivity index (χ3n) is 5.12. The summed E-state index contributed by atoms with van der Waals surface area (Å²) in [6.45, 7) is 7.62. The first kappa shape index (κ1) is 13.9. The summed E-state index contributed by atoms with van der Waals surface area (Å²) < 4.78 is 0. The fourth-order valence-electron chi connectivity index (χ4n) is 3.98. The summed E-state index contributed by atoms with van der Waals surface area (Å²) in [5, 5.41) is 0. The van der Waals surface area contributed by atoms with E-state index in [-0.39, 0.29) is 11.6 Å². The number of hydrogen-bond donors (Lipinski definition) is 0. The molecule has 0 aromatic heterocycles. The number of Topliss-reactive ketones (excluding diaryl/α,β-unsaturated/α-hetero) is 2. The maximum atomic E-state index is 12.5. The first-order valence-corrected chi connectivity index (χ1v) is 7.69. The van der Waals surface area contributed by atoms with Crippen LogP contribution in [0, 0.1) is 0 Å². The zero-order valence-corrected chi connectivity index (χ0v) is 12.8. The van der Waals surface area contributed by atoms with Crippen molar-refractivity contribution < 1.29 is 9.59 Å². The van der Waals surface area contributed by atoms with Crippen molar-refractivity contribution in [3.05, 3.63) is 82.9 Å². The highest BCUT2D eigenvalue weighted by molar-refractivity contribution is 6.10. The molecule has 0 bridgehead atoms. The number of hydrogen-bond acceptors (Lipinski definition) is 2. The Kier molecular flexibility index (Phi) is 2.79. The molecular weight excluding hydrogens is 284 g/mol. The number of carbonyl (C=O) groups is 2. The number of benzene rings is 2. The lowest BCUT2D eigenvalue weighted by atomic mass is 9.76. The van der Waals surface area contributed by atoms with Crippen molar-refractivity contribution in [3.63, 3.8) is 0 Å². The van der Waals surface area contributed by atoms with E-state index in [2.05, 4.69) is 13.2 Å². The van der Waals surface area contributed by atoms with Crippen LogP contribution in [0.25, 0.3) is 12.2 Å². The van der Waals surface area contributed by atoms with Crippen molar-refractivity contribution in [1.29, 1.82) is 0 Å². The Balaban J connectivity index is 2.03. The van der Waals surface area contributed by atoms with Crippen molar-refractivity contribution >= 4 is 23.7 Å². The van der Waals surface area contributed by atoms with Crippen LogP contribution in [0.15, 0.2) is 49.6 Å². The monoisotopic (exact) mass is 300 g/mol. The second-order valence-corrected chi connectivity index (χ2v) is 6.30. The maximum absolute atomic E-state index is 12.5. The minimum absolute atomic E-state index is 0.111. The van der Waals surface area contributed by atoms with Crippen LogP contribution >= 0.6 is 0 Å². The van der Waals surface area contributed by atoms with E-state index >= 15 is 0 Å². The predicted octanol–water partition coefficient (Wildman–Crippen LogP) is 4.43. The van der Waals surface area contributed by atoms with Gasteiger partial charge in [0.15, 0.2) is 11.6 Å². The first-order chi connectivity index (χ1) is 11.1. The maximum Gasteiger partial charge on any atom is 0.164 e. The molecule has 0 atom stereocenters. The Labute approximate surface area is 135 Å². The van der Waals surface area contributed by atoms with Gasteiger partial charge in [-0.15, -0.1) is 0 Å². The van der Waals surface area contributed by atoms with Crippen molar-refractivity contribution in [1.82, 2.24) is 0 Å². The summed E-state index contributed by atoms with van der Waals surface area (Å²) in [4.78, 5) is 25.1. The van der Waals surface area contributed by atoms with Gasteiger partial charge in [-0.2, -0.15) is 0 Å². The van der Waals surface area contributed by atoms with Crippen LogP contribution in [0.1, 0.15) is 55.8 Å². The Morgan fingerprint density at radius 3 is 1.61 bits per heavy atom. The summed E-state index contributed by atoms with van der Waals surface area (Å²) in [5.41, 5.74) is 4.83. The smallest absolute Gasteiger partial charge is 0.164 e. The Bertz CT molecular complexity index is 827. The molecule has 0 saturated heterocycles. The van der Waals surface area contributed by atoms with E-state index in [4.69, 9.17) is 0 Å². The van der Waals surface area contributed by atoms with Crippen molar-refractivity contribution in [3.8, 4) is 0 Å². The van der Waals surface area contributed by atoms with E-state index in [1.807, 2.05) is 36.4 Å². The topological polar surface area (TPSA) is 34.1 Å². The summed E-state index contributed by atoms with van der Waals surface area (Å²) in [7, 11) is 0. The largest absolute Gasteiger partial charge is 0.294 e. The van der Waals surface area contributed by atoms with Crippen LogP contribution < -0.4 is 0 Å².